The first-order chi connectivity index (χ1) is 8.11. The zero-order valence-electron chi connectivity index (χ0n) is 9.60. The molecule has 1 aromatic rings. The van der Waals surface area contributed by atoms with E-state index < -0.39 is 0 Å². The minimum atomic E-state index is -0.199. The number of nitriles is 1. The quantitative estimate of drug-likeness (QED) is 0.736. The molecule has 0 spiro atoms. The standard InChI is InChI=1S/C12H14N4O/c1-16-5-4-11(12(16)17)15-9-2-3-10(14)8(6-9)7-13/h2-3,6,11,15H,4-5,14H2,1H3. The van der Waals surface area contributed by atoms with Gasteiger partial charge in [-0.15, -0.1) is 0 Å². The SMILES string of the molecule is CN1CCC(Nc2ccc(N)c(C#N)c2)C1=O. The molecule has 1 atom stereocenters. The van der Waals surface area contributed by atoms with Crippen molar-refractivity contribution in [2.24, 2.45) is 0 Å². The van der Waals surface area contributed by atoms with Crippen LogP contribution in [0.2, 0.25) is 0 Å². The monoisotopic (exact) mass is 230 g/mol. The van der Waals surface area contributed by atoms with Crippen molar-refractivity contribution in [1.29, 1.82) is 5.26 Å². The maximum atomic E-state index is 11.7. The number of likely N-dealkylation sites (N-methyl/N-ethyl adjacent to an activating group) is 1. The molecule has 3 N–H and O–H groups in total. The van der Waals surface area contributed by atoms with E-state index in [1.54, 1.807) is 30.1 Å². The normalized spacial score (nSPS) is 19.2. The first-order valence-electron chi connectivity index (χ1n) is 5.43. The van der Waals surface area contributed by atoms with Gasteiger partial charge in [0.15, 0.2) is 0 Å². The molecule has 1 amide bonds. The fourth-order valence-corrected chi connectivity index (χ4v) is 1.90. The van der Waals surface area contributed by atoms with E-state index in [2.05, 4.69) is 5.32 Å². The Balaban J connectivity index is 2.15. The fraction of sp³-hybridized carbons (Fsp3) is 0.333. The third kappa shape index (κ3) is 2.16. The van der Waals surface area contributed by atoms with Gasteiger partial charge in [-0.25, -0.2) is 0 Å². The number of benzene rings is 1. The largest absolute Gasteiger partial charge is 0.398 e. The first-order valence-corrected chi connectivity index (χ1v) is 5.43. The highest BCUT2D eigenvalue weighted by atomic mass is 16.2. The molecular formula is C12H14N4O. The van der Waals surface area contributed by atoms with Crippen molar-refractivity contribution in [1.82, 2.24) is 4.90 Å². The Hall–Kier alpha value is -2.22. The van der Waals surface area contributed by atoms with Gasteiger partial charge in [0, 0.05) is 25.0 Å². The van der Waals surface area contributed by atoms with Gasteiger partial charge in [-0.2, -0.15) is 5.26 Å². The molecule has 5 heteroatoms. The third-order valence-corrected chi connectivity index (χ3v) is 2.94. The summed E-state index contributed by atoms with van der Waals surface area (Å²) in [4.78, 5) is 13.4. The van der Waals surface area contributed by atoms with Crippen molar-refractivity contribution < 1.29 is 4.79 Å². The number of carbonyl (C=O) groups is 1. The molecule has 1 fully saturated rings. The van der Waals surface area contributed by atoms with E-state index >= 15 is 0 Å². The minimum absolute atomic E-state index is 0.0836. The molecule has 0 bridgehead atoms. The van der Waals surface area contributed by atoms with E-state index in [4.69, 9.17) is 11.0 Å². The molecule has 1 aromatic carbocycles. The molecule has 0 radical (unpaired) electrons. The molecule has 1 aliphatic heterocycles. The van der Waals surface area contributed by atoms with Crippen molar-refractivity contribution in [3.8, 4) is 6.07 Å². The van der Waals surface area contributed by atoms with Crippen LogP contribution in [-0.2, 0) is 4.79 Å². The highest BCUT2D eigenvalue weighted by Crippen LogP contribution is 2.20. The summed E-state index contributed by atoms with van der Waals surface area (Å²) in [6, 6.07) is 6.94. The van der Waals surface area contributed by atoms with Crippen LogP contribution in [0.15, 0.2) is 18.2 Å². The zero-order valence-corrected chi connectivity index (χ0v) is 9.60. The van der Waals surface area contributed by atoms with E-state index in [1.807, 2.05) is 6.07 Å². The third-order valence-electron chi connectivity index (χ3n) is 2.94. The van der Waals surface area contributed by atoms with Crippen molar-refractivity contribution in [3.05, 3.63) is 23.8 Å². The van der Waals surface area contributed by atoms with Gasteiger partial charge in [0.25, 0.3) is 0 Å². The topological polar surface area (TPSA) is 82.2 Å². The summed E-state index contributed by atoms with van der Waals surface area (Å²) in [6.07, 6.45) is 0.779. The lowest BCUT2D eigenvalue weighted by atomic mass is 10.1. The van der Waals surface area contributed by atoms with Crippen LogP contribution in [0.3, 0.4) is 0 Å². The number of nitrogens with zero attached hydrogens (tertiary/aromatic N) is 2. The summed E-state index contributed by atoms with van der Waals surface area (Å²) >= 11 is 0. The number of amides is 1. The summed E-state index contributed by atoms with van der Waals surface area (Å²) in [7, 11) is 1.79. The van der Waals surface area contributed by atoms with Crippen LogP contribution in [0, 0.1) is 11.3 Å². The highest BCUT2D eigenvalue weighted by Gasteiger charge is 2.28. The molecule has 1 aliphatic rings. The van der Waals surface area contributed by atoms with Crippen LogP contribution < -0.4 is 11.1 Å². The van der Waals surface area contributed by atoms with Gasteiger partial charge in [0.05, 0.1) is 5.56 Å². The molecule has 0 aromatic heterocycles. The summed E-state index contributed by atoms with van der Waals surface area (Å²) in [5.74, 6) is 0.0836. The molecule has 88 valence electrons. The molecule has 17 heavy (non-hydrogen) atoms. The maximum Gasteiger partial charge on any atom is 0.244 e. The van der Waals surface area contributed by atoms with Crippen molar-refractivity contribution in [2.75, 3.05) is 24.6 Å². The van der Waals surface area contributed by atoms with Gasteiger partial charge in [0.1, 0.15) is 12.1 Å². The molecular weight excluding hydrogens is 216 g/mol. The van der Waals surface area contributed by atoms with Gasteiger partial charge in [-0.1, -0.05) is 0 Å². The van der Waals surface area contributed by atoms with Crippen LogP contribution in [0.5, 0.6) is 0 Å². The Kier molecular flexibility index (Phi) is 2.88. The predicted octanol–water partition coefficient (Wildman–Crippen LogP) is 0.783. The molecule has 1 unspecified atom stereocenters. The highest BCUT2D eigenvalue weighted by molar-refractivity contribution is 5.86. The first kappa shape index (κ1) is 11.3. The second-order valence-electron chi connectivity index (χ2n) is 4.16. The summed E-state index contributed by atoms with van der Waals surface area (Å²) in [6.45, 7) is 0.760. The number of nitrogen functional groups attached to an aromatic ring is 1. The lowest BCUT2D eigenvalue weighted by Crippen LogP contribution is -2.30. The number of hydrogen-bond acceptors (Lipinski definition) is 4. The molecule has 5 nitrogen and oxygen atoms in total. The predicted molar refractivity (Wildman–Crippen MR) is 65.2 cm³/mol. The number of hydrogen-bond donors (Lipinski definition) is 2. The van der Waals surface area contributed by atoms with Crippen molar-refractivity contribution in [2.45, 2.75) is 12.5 Å². The number of nitrogens with two attached hydrogens (primary N) is 1. The Morgan fingerprint density at radius 3 is 2.94 bits per heavy atom. The summed E-state index contributed by atoms with van der Waals surface area (Å²) < 4.78 is 0. The Bertz CT molecular complexity index is 492. The van der Waals surface area contributed by atoms with Crippen LogP contribution in [-0.4, -0.2) is 30.4 Å². The van der Waals surface area contributed by atoms with Gasteiger partial charge < -0.3 is 16.0 Å². The van der Waals surface area contributed by atoms with Crippen LogP contribution >= 0.6 is 0 Å². The van der Waals surface area contributed by atoms with Gasteiger partial charge in [-0.3, -0.25) is 4.79 Å². The lowest BCUT2D eigenvalue weighted by molar-refractivity contribution is -0.127. The molecule has 1 saturated heterocycles. The molecule has 0 saturated carbocycles. The van der Waals surface area contributed by atoms with E-state index in [9.17, 15) is 4.79 Å². The van der Waals surface area contributed by atoms with E-state index in [0.717, 1.165) is 18.7 Å². The Morgan fingerprint density at radius 1 is 1.59 bits per heavy atom. The maximum absolute atomic E-state index is 11.7. The summed E-state index contributed by atoms with van der Waals surface area (Å²) in [5, 5.41) is 12.0. The summed E-state index contributed by atoms with van der Waals surface area (Å²) in [5.41, 5.74) is 7.26. The van der Waals surface area contributed by atoms with Crippen LogP contribution in [0.25, 0.3) is 0 Å². The zero-order chi connectivity index (χ0) is 12.4. The Labute approximate surface area is 99.8 Å². The molecule has 1 heterocycles. The van der Waals surface area contributed by atoms with E-state index in [1.165, 1.54) is 0 Å². The number of rotatable bonds is 2. The fourth-order valence-electron chi connectivity index (χ4n) is 1.90. The minimum Gasteiger partial charge on any atom is -0.398 e. The second kappa shape index (κ2) is 4.34. The number of nitrogens with one attached hydrogen (secondary N) is 1. The van der Waals surface area contributed by atoms with Crippen LogP contribution in [0.4, 0.5) is 11.4 Å². The average molecular weight is 230 g/mol. The van der Waals surface area contributed by atoms with Gasteiger partial charge in [0.2, 0.25) is 5.91 Å². The number of carbonyl (C=O) groups excluding carboxylic acids is 1. The smallest absolute Gasteiger partial charge is 0.244 e. The van der Waals surface area contributed by atoms with Gasteiger partial charge >= 0.3 is 0 Å². The van der Waals surface area contributed by atoms with Crippen molar-refractivity contribution in [3.63, 3.8) is 0 Å². The van der Waals surface area contributed by atoms with Crippen molar-refractivity contribution >= 4 is 17.3 Å². The second-order valence-corrected chi connectivity index (χ2v) is 4.16. The molecule has 2 rings (SSSR count). The Morgan fingerprint density at radius 2 is 2.35 bits per heavy atom. The molecule has 0 aliphatic carbocycles. The number of likely N-dealkylation sites (tertiary alicyclic amines) is 1. The van der Waals surface area contributed by atoms with Crippen LogP contribution in [0.1, 0.15) is 12.0 Å². The van der Waals surface area contributed by atoms with E-state index in [0.29, 0.717) is 11.3 Å². The van der Waals surface area contributed by atoms with Gasteiger partial charge in [-0.05, 0) is 24.6 Å². The number of anilines is 2. The lowest BCUT2D eigenvalue weighted by Gasteiger charge is -2.13. The average Bonchev–Trinajstić information content (AvgIpc) is 2.63. The van der Waals surface area contributed by atoms with E-state index in [-0.39, 0.29) is 11.9 Å².